The first kappa shape index (κ1) is 10.7. The second-order valence-corrected chi connectivity index (χ2v) is 3.74. The van der Waals surface area contributed by atoms with E-state index in [9.17, 15) is 0 Å². The summed E-state index contributed by atoms with van der Waals surface area (Å²) in [5.74, 6) is 6.74. The first-order valence-corrected chi connectivity index (χ1v) is 4.99. The SMILES string of the molecule is CC(C#N)(NN)c1ccc2c(c1)OCCO2. The molecule has 1 heterocycles. The van der Waals surface area contributed by atoms with E-state index in [-0.39, 0.29) is 0 Å². The van der Waals surface area contributed by atoms with Crippen molar-refractivity contribution in [2.75, 3.05) is 13.2 Å². The zero-order chi connectivity index (χ0) is 11.6. The number of hydrazine groups is 1. The van der Waals surface area contributed by atoms with Crippen molar-refractivity contribution in [2.24, 2.45) is 5.84 Å². The molecule has 1 atom stereocenters. The lowest BCUT2D eigenvalue weighted by Gasteiger charge is -2.24. The van der Waals surface area contributed by atoms with Gasteiger partial charge in [-0.15, -0.1) is 0 Å². The van der Waals surface area contributed by atoms with Crippen LogP contribution < -0.4 is 20.7 Å². The average Bonchev–Trinajstić information content (AvgIpc) is 2.37. The first-order chi connectivity index (χ1) is 7.69. The van der Waals surface area contributed by atoms with Gasteiger partial charge in [0.2, 0.25) is 0 Å². The monoisotopic (exact) mass is 219 g/mol. The molecule has 1 aliphatic rings. The average molecular weight is 219 g/mol. The molecule has 0 spiro atoms. The molecular formula is C11H13N3O2. The number of rotatable bonds is 2. The molecule has 84 valence electrons. The van der Waals surface area contributed by atoms with Crippen LogP contribution in [-0.2, 0) is 5.54 Å². The van der Waals surface area contributed by atoms with Crippen molar-refractivity contribution in [3.05, 3.63) is 23.8 Å². The normalized spacial score (nSPS) is 17.3. The largest absolute Gasteiger partial charge is 0.486 e. The van der Waals surface area contributed by atoms with Gasteiger partial charge in [-0.25, -0.2) is 5.43 Å². The fraction of sp³-hybridized carbons (Fsp3) is 0.364. The van der Waals surface area contributed by atoms with Crippen LogP contribution in [0.2, 0.25) is 0 Å². The predicted octanol–water partition coefficient (Wildman–Crippen LogP) is 0.660. The molecule has 1 aliphatic heterocycles. The summed E-state index contributed by atoms with van der Waals surface area (Å²) in [4.78, 5) is 0. The van der Waals surface area contributed by atoms with E-state index < -0.39 is 5.54 Å². The van der Waals surface area contributed by atoms with Crippen molar-refractivity contribution in [3.63, 3.8) is 0 Å². The predicted molar refractivity (Wildman–Crippen MR) is 57.7 cm³/mol. The Morgan fingerprint density at radius 2 is 2.06 bits per heavy atom. The number of nitrogens with one attached hydrogen (secondary N) is 1. The molecule has 5 heteroatoms. The van der Waals surface area contributed by atoms with Crippen LogP contribution in [0.1, 0.15) is 12.5 Å². The number of benzene rings is 1. The number of hydrogen-bond donors (Lipinski definition) is 2. The highest BCUT2D eigenvalue weighted by Gasteiger charge is 2.26. The molecule has 5 nitrogen and oxygen atoms in total. The summed E-state index contributed by atoms with van der Waals surface area (Å²) in [6, 6.07) is 7.48. The topological polar surface area (TPSA) is 80.3 Å². The Balaban J connectivity index is 2.41. The maximum absolute atomic E-state index is 9.08. The number of nitriles is 1. The Morgan fingerprint density at radius 3 is 2.69 bits per heavy atom. The van der Waals surface area contributed by atoms with Gasteiger partial charge in [0.1, 0.15) is 18.8 Å². The van der Waals surface area contributed by atoms with E-state index in [0.717, 1.165) is 5.56 Å². The molecule has 0 bridgehead atoms. The molecule has 0 aromatic heterocycles. The van der Waals surface area contributed by atoms with Gasteiger partial charge in [0.15, 0.2) is 11.5 Å². The second-order valence-electron chi connectivity index (χ2n) is 3.74. The van der Waals surface area contributed by atoms with E-state index in [4.69, 9.17) is 20.6 Å². The number of nitrogens with two attached hydrogens (primary N) is 1. The zero-order valence-corrected chi connectivity index (χ0v) is 8.99. The standard InChI is InChI=1S/C11H13N3O2/c1-11(7-12,14-13)8-2-3-9-10(6-8)16-5-4-15-9/h2-3,6,14H,4-5,13H2,1H3. The number of nitrogens with zero attached hydrogens (tertiary/aromatic N) is 1. The molecule has 0 amide bonds. The molecule has 1 aromatic rings. The number of fused-ring (bicyclic) bond motifs is 1. The van der Waals surface area contributed by atoms with Crippen molar-refractivity contribution in [3.8, 4) is 17.6 Å². The maximum Gasteiger partial charge on any atom is 0.161 e. The van der Waals surface area contributed by atoms with Crippen molar-refractivity contribution in [1.82, 2.24) is 5.43 Å². The van der Waals surface area contributed by atoms with Crippen molar-refractivity contribution < 1.29 is 9.47 Å². The molecule has 3 N–H and O–H groups in total. The fourth-order valence-corrected chi connectivity index (χ4v) is 1.53. The van der Waals surface area contributed by atoms with Crippen LogP contribution in [-0.4, -0.2) is 13.2 Å². The van der Waals surface area contributed by atoms with Crippen LogP contribution in [0.15, 0.2) is 18.2 Å². The highest BCUT2D eigenvalue weighted by molar-refractivity contribution is 5.47. The first-order valence-electron chi connectivity index (χ1n) is 4.99. The number of ether oxygens (including phenoxy) is 2. The van der Waals surface area contributed by atoms with E-state index in [1.165, 1.54) is 0 Å². The lowest BCUT2D eigenvalue weighted by Crippen LogP contribution is -2.43. The summed E-state index contributed by atoms with van der Waals surface area (Å²) in [5.41, 5.74) is 2.32. The van der Waals surface area contributed by atoms with Gasteiger partial charge >= 0.3 is 0 Å². The summed E-state index contributed by atoms with van der Waals surface area (Å²) < 4.78 is 10.8. The van der Waals surface area contributed by atoms with Crippen LogP contribution in [0.25, 0.3) is 0 Å². The van der Waals surface area contributed by atoms with Gasteiger partial charge < -0.3 is 9.47 Å². The molecule has 1 aromatic carbocycles. The smallest absolute Gasteiger partial charge is 0.161 e. The maximum atomic E-state index is 9.08. The van der Waals surface area contributed by atoms with E-state index in [2.05, 4.69) is 11.5 Å². The summed E-state index contributed by atoms with van der Waals surface area (Å²) >= 11 is 0. The lowest BCUT2D eigenvalue weighted by molar-refractivity contribution is 0.171. The van der Waals surface area contributed by atoms with E-state index >= 15 is 0 Å². The van der Waals surface area contributed by atoms with Crippen LogP contribution >= 0.6 is 0 Å². The third-order valence-electron chi connectivity index (χ3n) is 2.63. The van der Waals surface area contributed by atoms with Crippen LogP contribution in [0.3, 0.4) is 0 Å². The number of hydrogen-bond acceptors (Lipinski definition) is 5. The van der Waals surface area contributed by atoms with E-state index in [1.807, 2.05) is 0 Å². The molecular weight excluding hydrogens is 206 g/mol. The third-order valence-corrected chi connectivity index (χ3v) is 2.63. The van der Waals surface area contributed by atoms with Crippen molar-refractivity contribution in [1.29, 1.82) is 5.26 Å². The van der Waals surface area contributed by atoms with Gasteiger partial charge in [0.05, 0.1) is 6.07 Å². The second kappa shape index (κ2) is 4.00. The van der Waals surface area contributed by atoms with Crippen molar-refractivity contribution >= 4 is 0 Å². The molecule has 1 unspecified atom stereocenters. The molecule has 0 saturated carbocycles. The highest BCUT2D eigenvalue weighted by Crippen LogP contribution is 2.33. The van der Waals surface area contributed by atoms with Crippen molar-refractivity contribution in [2.45, 2.75) is 12.5 Å². The molecule has 0 fully saturated rings. The van der Waals surface area contributed by atoms with E-state index in [1.54, 1.807) is 25.1 Å². The molecule has 16 heavy (non-hydrogen) atoms. The van der Waals surface area contributed by atoms with Gasteiger partial charge in [-0.2, -0.15) is 5.26 Å². The van der Waals surface area contributed by atoms with Gasteiger partial charge in [0.25, 0.3) is 0 Å². The minimum absolute atomic E-state index is 0.524. The molecule has 0 saturated heterocycles. The van der Waals surface area contributed by atoms with Crippen LogP contribution in [0.4, 0.5) is 0 Å². The van der Waals surface area contributed by atoms with Gasteiger partial charge in [-0.05, 0) is 24.6 Å². The molecule has 0 aliphatic carbocycles. The van der Waals surface area contributed by atoms with Crippen LogP contribution in [0.5, 0.6) is 11.5 Å². The quantitative estimate of drug-likeness (QED) is 0.564. The molecule has 2 rings (SSSR count). The summed E-state index contributed by atoms with van der Waals surface area (Å²) in [5, 5.41) is 9.08. The van der Waals surface area contributed by atoms with Gasteiger partial charge in [-0.1, -0.05) is 6.07 Å². The fourth-order valence-electron chi connectivity index (χ4n) is 1.53. The third kappa shape index (κ3) is 1.69. The Labute approximate surface area is 93.7 Å². The zero-order valence-electron chi connectivity index (χ0n) is 8.99. The highest BCUT2D eigenvalue weighted by atomic mass is 16.6. The van der Waals surface area contributed by atoms with Gasteiger partial charge in [-0.3, -0.25) is 5.84 Å². The Kier molecular flexibility index (Phi) is 2.69. The summed E-state index contributed by atoms with van der Waals surface area (Å²) in [6.45, 7) is 2.78. The minimum Gasteiger partial charge on any atom is -0.486 e. The lowest BCUT2D eigenvalue weighted by atomic mass is 9.94. The summed E-state index contributed by atoms with van der Waals surface area (Å²) in [6.07, 6.45) is 0. The van der Waals surface area contributed by atoms with Crippen LogP contribution in [0, 0.1) is 11.3 Å². The van der Waals surface area contributed by atoms with Gasteiger partial charge in [0, 0.05) is 0 Å². The molecule has 0 radical (unpaired) electrons. The Hall–Kier alpha value is -1.77. The Morgan fingerprint density at radius 1 is 1.38 bits per heavy atom. The minimum atomic E-state index is -0.921. The summed E-state index contributed by atoms with van der Waals surface area (Å²) in [7, 11) is 0. The van der Waals surface area contributed by atoms with E-state index in [0.29, 0.717) is 24.7 Å². The Bertz CT molecular complexity index is 441.